The minimum Gasteiger partial charge on any atom is -0.325 e. The second-order valence-corrected chi connectivity index (χ2v) is 10.6. The summed E-state index contributed by atoms with van der Waals surface area (Å²) >= 11 is 0. The Labute approximate surface area is 212 Å². The van der Waals surface area contributed by atoms with Crippen LogP contribution in [0.4, 0.5) is 11.4 Å². The average Bonchev–Trinajstić information content (AvgIpc) is 3.59. The number of anilines is 2. The van der Waals surface area contributed by atoms with E-state index >= 15 is 0 Å². The Bertz CT molecular complexity index is 1100. The third-order valence-corrected chi connectivity index (χ3v) is 8.13. The van der Waals surface area contributed by atoms with E-state index in [1.54, 1.807) is 36.4 Å². The van der Waals surface area contributed by atoms with Gasteiger partial charge in [0.15, 0.2) is 11.6 Å². The molecule has 0 spiro atoms. The molecular formula is C30H34N2O4. The fraction of sp³-hybridized carbons (Fsp3) is 0.467. The van der Waals surface area contributed by atoms with E-state index in [0.29, 0.717) is 36.1 Å². The molecule has 3 aliphatic carbocycles. The molecule has 0 aromatic heterocycles. The normalized spacial score (nSPS) is 17.7. The SMILES string of the molecule is O=C(CCC1CCCC1)Nc1cccc2c1C(=O)c1cccc(NC(=O)CCC3CCCC3)c1C2=O. The van der Waals surface area contributed by atoms with Crippen LogP contribution in [0.15, 0.2) is 36.4 Å². The van der Waals surface area contributed by atoms with Crippen molar-refractivity contribution in [3.63, 3.8) is 0 Å². The molecule has 188 valence electrons. The van der Waals surface area contributed by atoms with E-state index in [1.807, 2.05) is 0 Å². The zero-order valence-corrected chi connectivity index (χ0v) is 20.7. The van der Waals surface area contributed by atoms with Crippen molar-refractivity contribution in [1.82, 2.24) is 0 Å². The van der Waals surface area contributed by atoms with Crippen LogP contribution in [0.25, 0.3) is 0 Å². The standard InChI is InChI=1S/C30H34N2O4/c33-25(17-15-19-7-1-2-8-19)31-23-13-5-11-21-27(23)29(35)22-12-6-14-24(28(22)30(21)36)32-26(34)18-16-20-9-3-4-10-20/h5-6,11-14,19-20H,1-4,7-10,15-18H2,(H,31,33)(H,32,34). The Morgan fingerprint density at radius 3 is 1.42 bits per heavy atom. The smallest absolute Gasteiger partial charge is 0.224 e. The van der Waals surface area contributed by atoms with E-state index in [9.17, 15) is 19.2 Å². The monoisotopic (exact) mass is 486 g/mol. The molecule has 2 aromatic rings. The number of benzene rings is 2. The zero-order chi connectivity index (χ0) is 25.1. The first kappa shape index (κ1) is 24.4. The first-order chi connectivity index (χ1) is 17.5. The average molecular weight is 487 g/mol. The minimum atomic E-state index is -0.312. The number of nitrogens with one attached hydrogen (secondary N) is 2. The Kier molecular flexibility index (Phi) is 7.30. The molecule has 0 radical (unpaired) electrons. The molecule has 0 atom stereocenters. The number of carbonyl (C=O) groups excluding carboxylic acids is 4. The lowest BCUT2D eigenvalue weighted by Gasteiger charge is -2.23. The fourth-order valence-electron chi connectivity index (χ4n) is 6.14. The molecule has 3 aliphatic rings. The van der Waals surface area contributed by atoms with Crippen molar-refractivity contribution in [1.29, 1.82) is 0 Å². The van der Waals surface area contributed by atoms with Gasteiger partial charge in [-0.25, -0.2) is 0 Å². The highest BCUT2D eigenvalue weighted by molar-refractivity contribution is 6.32. The summed E-state index contributed by atoms with van der Waals surface area (Å²) in [5, 5.41) is 5.77. The molecule has 0 bridgehead atoms. The molecule has 6 heteroatoms. The number of fused-ring (bicyclic) bond motifs is 2. The van der Waals surface area contributed by atoms with Crippen molar-refractivity contribution < 1.29 is 19.2 Å². The van der Waals surface area contributed by atoms with Crippen molar-refractivity contribution >= 4 is 34.8 Å². The summed E-state index contributed by atoms with van der Waals surface area (Å²) in [6.45, 7) is 0. The van der Waals surface area contributed by atoms with E-state index in [2.05, 4.69) is 10.6 Å². The van der Waals surface area contributed by atoms with Gasteiger partial charge >= 0.3 is 0 Å². The first-order valence-electron chi connectivity index (χ1n) is 13.5. The molecule has 5 rings (SSSR count). The van der Waals surface area contributed by atoms with Crippen molar-refractivity contribution in [3.8, 4) is 0 Å². The number of rotatable bonds is 8. The summed E-state index contributed by atoms with van der Waals surface area (Å²) in [6.07, 6.45) is 12.2. The molecule has 2 amide bonds. The third kappa shape index (κ3) is 5.13. The molecule has 0 unspecified atom stereocenters. The van der Waals surface area contributed by atoms with Gasteiger partial charge < -0.3 is 10.6 Å². The summed E-state index contributed by atoms with van der Waals surface area (Å²) in [5.41, 5.74) is 1.73. The summed E-state index contributed by atoms with van der Waals surface area (Å²) < 4.78 is 0. The van der Waals surface area contributed by atoms with E-state index in [0.717, 1.165) is 12.8 Å². The first-order valence-corrected chi connectivity index (χ1v) is 13.5. The van der Waals surface area contributed by atoms with Crippen molar-refractivity contribution in [2.24, 2.45) is 11.8 Å². The van der Waals surface area contributed by atoms with Gasteiger partial charge in [-0.2, -0.15) is 0 Å². The molecule has 0 aliphatic heterocycles. The van der Waals surface area contributed by atoms with Crippen LogP contribution in [0.5, 0.6) is 0 Å². The predicted octanol–water partition coefficient (Wildman–Crippen LogP) is 6.28. The molecule has 0 saturated heterocycles. The largest absolute Gasteiger partial charge is 0.325 e. The second kappa shape index (κ2) is 10.8. The zero-order valence-electron chi connectivity index (χ0n) is 20.7. The molecule has 2 fully saturated rings. The van der Waals surface area contributed by atoms with Crippen LogP contribution in [0.2, 0.25) is 0 Å². The molecule has 2 saturated carbocycles. The van der Waals surface area contributed by atoms with Gasteiger partial charge in [-0.1, -0.05) is 75.6 Å². The lowest BCUT2D eigenvalue weighted by Crippen LogP contribution is -2.26. The molecule has 2 aromatic carbocycles. The van der Waals surface area contributed by atoms with E-state index in [-0.39, 0.29) is 45.6 Å². The molecule has 2 N–H and O–H groups in total. The van der Waals surface area contributed by atoms with Crippen molar-refractivity contribution in [3.05, 3.63) is 58.7 Å². The number of hydrogen-bond acceptors (Lipinski definition) is 4. The predicted molar refractivity (Wildman–Crippen MR) is 139 cm³/mol. The van der Waals surface area contributed by atoms with Crippen LogP contribution in [0, 0.1) is 11.8 Å². The Morgan fingerprint density at radius 2 is 1.03 bits per heavy atom. The van der Waals surface area contributed by atoms with Gasteiger partial charge in [0.25, 0.3) is 0 Å². The number of hydrogen-bond donors (Lipinski definition) is 2. The summed E-state index contributed by atoms with van der Waals surface area (Å²) in [7, 11) is 0. The van der Waals surface area contributed by atoms with Gasteiger partial charge in [-0.3, -0.25) is 19.2 Å². The van der Waals surface area contributed by atoms with Crippen LogP contribution in [-0.4, -0.2) is 23.4 Å². The quantitative estimate of drug-likeness (QED) is 0.392. The van der Waals surface area contributed by atoms with Crippen molar-refractivity contribution in [2.75, 3.05) is 10.6 Å². The molecular weight excluding hydrogens is 452 g/mol. The topological polar surface area (TPSA) is 92.3 Å². The Hall–Kier alpha value is -3.28. The highest BCUT2D eigenvalue weighted by Gasteiger charge is 2.34. The van der Waals surface area contributed by atoms with E-state index < -0.39 is 0 Å². The lowest BCUT2D eigenvalue weighted by molar-refractivity contribution is -0.117. The van der Waals surface area contributed by atoms with Crippen molar-refractivity contribution in [2.45, 2.75) is 77.0 Å². The van der Waals surface area contributed by atoms with Gasteiger partial charge in [0.2, 0.25) is 11.8 Å². The van der Waals surface area contributed by atoms with Crippen LogP contribution in [0.3, 0.4) is 0 Å². The van der Waals surface area contributed by atoms with E-state index in [4.69, 9.17) is 0 Å². The maximum Gasteiger partial charge on any atom is 0.224 e. The van der Waals surface area contributed by atoms with Gasteiger partial charge in [0.1, 0.15) is 0 Å². The number of carbonyl (C=O) groups is 4. The van der Waals surface area contributed by atoms with Gasteiger partial charge in [0.05, 0.1) is 22.5 Å². The third-order valence-electron chi connectivity index (χ3n) is 8.13. The summed E-state index contributed by atoms with van der Waals surface area (Å²) in [6, 6.07) is 9.96. The van der Waals surface area contributed by atoms with Crippen LogP contribution in [0.1, 0.15) is 109 Å². The van der Waals surface area contributed by atoms with Crippen LogP contribution >= 0.6 is 0 Å². The maximum absolute atomic E-state index is 13.5. The second-order valence-electron chi connectivity index (χ2n) is 10.6. The van der Waals surface area contributed by atoms with Gasteiger partial charge in [-0.15, -0.1) is 0 Å². The van der Waals surface area contributed by atoms with Gasteiger partial charge in [-0.05, 0) is 36.8 Å². The van der Waals surface area contributed by atoms with E-state index in [1.165, 1.54) is 51.4 Å². The number of ketones is 2. The van der Waals surface area contributed by atoms with Crippen LogP contribution < -0.4 is 10.6 Å². The Balaban J connectivity index is 1.32. The maximum atomic E-state index is 13.5. The highest BCUT2D eigenvalue weighted by Crippen LogP contribution is 2.36. The molecule has 0 heterocycles. The molecule has 6 nitrogen and oxygen atoms in total. The fourth-order valence-corrected chi connectivity index (χ4v) is 6.14. The minimum absolute atomic E-state index is 0.135. The Morgan fingerprint density at radius 1 is 0.639 bits per heavy atom. The molecule has 36 heavy (non-hydrogen) atoms. The summed E-state index contributed by atoms with van der Waals surface area (Å²) in [4.78, 5) is 52.4. The number of amides is 2. The summed E-state index contributed by atoms with van der Waals surface area (Å²) in [5.74, 6) is 0.306. The van der Waals surface area contributed by atoms with Gasteiger partial charge in [0, 0.05) is 24.0 Å². The lowest BCUT2D eigenvalue weighted by atomic mass is 9.82. The van der Waals surface area contributed by atoms with Crippen LogP contribution in [-0.2, 0) is 9.59 Å². The highest BCUT2D eigenvalue weighted by atomic mass is 16.2.